The molecule has 0 saturated carbocycles. The first-order chi connectivity index (χ1) is 15.9. The third-order valence-corrected chi connectivity index (χ3v) is 6.05. The molecule has 2 aliphatic rings. The molecule has 0 fully saturated rings. The van der Waals surface area contributed by atoms with Crippen LogP contribution in [-0.4, -0.2) is 58.6 Å². The van der Waals surface area contributed by atoms with Gasteiger partial charge in [-0.25, -0.2) is 4.79 Å². The third kappa shape index (κ3) is 4.58. The number of para-hydroxylation sites is 1. The lowest BCUT2D eigenvalue weighted by Crippen LogP contribution is -2.57. The molecule has 0 saturated heterocycles. The first kappa shape index (κ1) is 22.5. The quantitative estimate of drug-likeness (QED) is 0.474. The van der Waals surface area contributed by atoms with Crippen molar-refractivity contribution in [2.45, 2.75) is 43.8 Å². The molecule has 0 bridgehead atoms. The van der Waals surface area contributed by atoms with Crippen LogP contribution in [0.4, 0.5) is 5.69 Å². The zero-order valence-corrected chi connectivity index (χ0v) is 17.9. The van der Waals surface area contributed by atoms with Crippen LogP contribution in [-0.2, 0) is 38.4 Å². The fraction of sp³-hybridized carbons (Fsp3) is 0.333. The fourth-order valence-corrected chi connectivity index (χ4v) is 4.46. The Bertz CT molecular complexity index is 1090. The molecule has 4 N–H and O–H groups in total. The third-order valence-electron chi connectivity index (χ3n) is 6.05. The number of carboxylic acid groups (broad SMARTS) is 1. The van der Waals surface area contributed by atoms with E-state index < -0.39 is 48.4 Å². The van der Waals surface area contributed by atoms with Crippen LogP contribution in [0.2, 0.25) is 0 Å². The number of aliphatic hydroxyl groups excluding tert-OH is 1. The summed E-state index contributed by atoms with van der Waals surface area (Å²) in [5.41, 5.74) is 3.02. The summed E-state index contributed by atoms with van der Waals surface area (Å²) in [4.78, 5) is 51.5. The van der Waals surface area contributed by atoms with E-state index in [1.54, 1.807) is 24.3 Å². The van der Waals surface area contributed by atoms with Crippen molar-refractivity contribution in [3.63, 3.8) is 0 Å². The van der Waals surface area contributed by atoms with E-state index in [2.05, 4.69) is 10.6 Å². The summed E-state index contributed by atoms with van der Waals surface area (Å²) in [5.74, 6) is -2.76. The number of nitrogens with one attached hydrogen (secondary N) is 2. The van der Waals surface area contributed by atoms with Gasteiger partial charge >= 0.3 is 5.97 Å². The molecule has 9 nitrogen and oxygen atoms in total. The summed E-state index contributed by atoms with van der Waals surface area (Å²) in [6.45, 7) is -0.640. The van der Waals surface area contributed by atoms with Gasteiger partial charge in [0, 0.05) is 6.42 Å². The van der Waals surface area contributed by atoms with Crippen molar-refractivity contribution >= 4 is 29.4 Å². The molecule has 3 atom stereocenters. The Kier molecular flexibility index (Phi) is 6.41. The normalized spacial score (nSPS) is 19.9. The highest BCUT2D eigenvalue weighted by Gasteiger charge is 2.44. The van der Waals surface area contributed by atoms with E-state index in [0.29, 0.717) is 12.1 Å². The Hall–Kier alpha value is -3.72. The number of rotatable bonds is 7. The van der Waals surface area contributed by atoms with Crippen LogP contribution in [0.15, 0.2) is 48.5 Å². The number of aliphatic hydroxyl groups is 1. The molecule has 2 aliphatic heterocycles. The van der Waals surface area contributed by atoms with E-state index in [0.717, 1.165) is 16.7 Å². The number of aryl methyl sites for hydroxylation is 1. The number of carbonyl (C=O) groups is 4. The highest BCUT2D eigenvalue weighted by atomic mass is 16.4. The van der Waals surface area contributed by atoms with Crippen molar-refractivity contribution in [1.29, 1.82) is 0 Å². The number of hydrogen-bond donors (Lipinski definition) is 4. The molecule has 2 aromatic rings. The highest BCUT2D eigenvalue weighted by Crippen LogP contribution is 2.39. The molecule has 0 aromatic heterocycles. The average molecular weight is 451 g/mol. The van der Waals surface area contributed by atoms with Crippen molar-refractivity contribution in [2.75, 3.05) is 11.5 Å². The zero-order chi connectivity index (χ0) is 23.5. The minimum absolute atomic E-state index is 0.0408. The van der Waals surface area contributed by atoms with Gasteiger partial charge in [-0.3, -0.25) is 19.3 Å². The topological polar surface area (TPSA) is 136 Å². The van der Waals surface area contributed by atoms with Crippen LogP contribution >= 0.6 is 0 Å². The van der Waals surface area contributed by atoms with Crippen molar-refractivity contribution < 1.29 is 29.4 Å². The van der Waals surface area contributed by atoms with E-state index >= 15 is 0 Å². The van der Waals surface area contributed by atoms with Gasteiger partial charge in [0.25, 0.3) is 0 Å². The van der Waals surface area contributed by atoms with Gasteiger partial charge in [0.1, 0.15) is 18.1 Å². The summed E-state index contributed by atoms with van der Waals surface area (Å²) in [7, 11) is 0. The Labute approximate surface area is 190 Å². The molecule has 4 rings (SSSR count). The van der Waals surface area contributed by atoms with E-state index in [4.69, 9.17) is 0 Å². The van der Waals surface area contributed by atoms with E-state index in [1.165, 1.54) is 4.90 Å². The minimum Gasteiger partial charge on any atom is -0.480 e. The lowest BCUT2D eigenvalue weighted by atomic mass is 10.0. The van der Waals surface area contributed by atoms with Crippen LogP contribution in [0.1, 0.15) is 23.1 Å². The van der Waals surface area contributed by atoms with Crippen LogP contribution in [0.5, 0.6) is 0 Å². The van der Waals surface area contributed by atoms with Crippen LogP contribution < -0.4 is 15.5 Å². The van der Waals surface area contributed by atoms with Gasteiger partial charge in [-0.2, -0.15) is 0 Å². The number of benzene rings is 2. The molecule has 2 heterocycles. The minimum atomic E-state index is -1.23. The molecule has 2 aromatic carbocycles. The van der Waals surface area contributed by atoms with Crippen LogP contribution in [0.3, 0.4) is 0 Å². The number of anilines is 1. The van der Waals surface area contributed by atoms with Crippen LogP contribution in [0, 0.1) is 0 Å². The van der Waals surface area contributed by atoms with Crippen molar-refractivity contribution in [3.8, 4) is 0 Å². The molecular weight excluding hydrogens is 426 g/mol. The summed E-state index contributed by atoms with van der Waals surface area (Å²) < 4.78 is 0. The molecule has 172 valence electrons. The Balaban J connectivity index is 1.47. The van der Waals surface area contributed by atoms with Crippen molar-refractivity contribution in [2.24, 2.45) is 0 Å². The van der Waals surface area contributed by atoms with Gasteiger partial charge in [0.05, 0.1) is 18.7 Å². The molecular formula is C24H25N3O6. The highest BCUT2D eigenvalue weighted by molar-refractivity contribution is 6.07. The first-order valence-electron chi connectivity index (χ1n) is 10.8. The molecule has 0 unspecified atom stereocenters. The van der Waals surface area contributed by atoms with E-state index in [-0.39, 0.29) is 19.3 Å². The van der Waals surface area contributed by atoms with Gasteiger partial charge in [-0.05, 0) is 29.5 Å². The van der Waals surface area contributed by atoms with Crippen molar-refractivity contribution in [3.05, 3.63) is 65.2 Å². The van der Waals surface area contributed by atoms with Crippen molar-refractivity contribution in [1.82, 2.24) is 10.6 Å². The number of carbonyl (C=O) groups excluding carboxylic acids is 3. The van der Waals surface area contributed by atoms with Gasteiger partial charge < -0.3 is 20.8 Å². The van der Waals surface area contributed by atoms with E-state index in [1.807, 2.05) is 24.3 Å². The number of carboxylic acids is 1. The van der Waals surface area contributed by atoms with Gasteiger partial charge in [0.15, 0.2) is 0 Å². The summed E-state index contributed by atoms with van der Waals surface area (Å²) >= 11 is 0. The molecule has 3 amide bonds. The zero-order valence-electron chi connectivity index (χ0n) is 17.9. The predicted octanol–water partition coefficient (Wildman–Crippen LogP) is 0.180. The Morgan fingerprint density at radius 1 is 1.06 bits per heavy atom. The maximum absolute atomic E-state index is 13.3. The molecule has 9 heteroatoms. The lowest BCUT2D eigenvalue weighted by Gasteiger charge is -2.27. The summed E-state index contributed by atoms with van der Waals surface area (Å²) in [5, 5.41) is 24.4. The summed E-state index contributed by atoms with van der Waals surface area (Å²) in [6, 6.07) is 11.2. The maximum Gasteiger partial charge on any atom is 0.327 e. The predicted molar refractivity (Wildman–Crippen MR) is 118 cm³/mol. The second-order valence-electron chi connectivity index (χ2n) is 8.26. The second kappa shape index (κ2) is 9.41. The van der Waals surface area contributed by atoms with Crippen LogP contribution in [0.25, 0.3) is 0 Å². The largest absolute Gasteiger partial charge is 0.480 e. The Morgan fingerprint density at radius 2 is 1.79 bits per heavy atom. The number of hydrogen-bond acceptors (Lipinski definition) is 5. The second-order valence-corrected chi connectivity index (χ2v) is 8.26. The molecule has 33 heavy (non-hydrogen) atoms. The fourth-order valence-electron chi connectivity index (χ4n) is 4.46. The maximum atomic E-state index is 13.3. The first-order valence-corrected chi connectivity index (χ1v) is 10.8. The molecule has 0 aliphatic carbocycles. The Morgan fingerprint density at radius 3 is 2.48 bits per heavy atom. The monoisotopic (exact) mass is 451 g/mol. The van der Waals surface area contributed by atoms with Gasteiger partial charge in [-0.1, -0.05) is 48.5 Å². The molecule has 0 spiro atoms. The average Bonchev–Trinajstić information content (AvgIpc) is 3.14. The summed E-state index contributed by atoms with van der Waals surface area (Å²) in [6.07, 6.45) is 1.01. The standard InChI is InChI=1S/C24H25N3O6/c28-13-18(25-20(29)11-14-5-2-1-3-6-14)22(30)26-17-10-9-15-7-4-8-16-12-19(24(32)33)27(21(15)16)23(17)31/h1-8,17-19,28H,9-13H2,(H,25,29)(H,26,30)(H,32,33)/t17-,18-,19-/m0/s1. The van der Waals surface area contributed by atoms with E-state index in [9.17, 15) is 29.4 Å². The molecule has 0 radical (unpaired) electrons. The van der Waals surface area contributed by atoms with Gasteiger partial charge in [0.2, 0.25) is 17.7 Å². The smallest absolute Gasteiger partial charge is 0.327 e. The number of aliphatic carboxylic acids is 1. The number of nitrogens with zero attached hydrogens (tertiary/aromatic N) is 1. The SMILES string of the molecule is O=C(Cc1ccccc1)N[C@@H](CO)C(=O)N[C@H]1CCc2cccc3c2N(C1=O)[C@H](C(=O)O)C3. The van der Waals surface area contributed by atoms with Gasteiger partial charge in [-0.15, -0.1) is 0 Å². The number of amides is 3. The lowest BCUT2D eigenvalue weighted by molar-refractivity contribution is -0.140.